The number of aromatic nitrogens is 1. The van der Waals surface area contributed by atoms with Gasteiger partial charge in [-0.1, -0.05) is 11.8 Å². The van der Waals surface area contributed by atoms with Crippen molar-refractivity contribution in [1.82, 2.24) is 10.3 Å². The van der Waals surface area contributed by atoms with E-state index in [4.69, 9.17) is 5.11 Å². The molecule has 0 saturated heterocycles. The highest BCUT2D eigenvalue weighted by Crippen LogP contribution is 1.98. The number of hydrogen-bond donors (Lipinski definition) is 2. The highest BCUT2D eigenvalue weighted by molar-refractivity contribution is 5.72. The predicted molar refractivity (Wildman–Crippen MR) is 60.3 cm³/mol. The molecule has 1 aromatic rings. The van der Waals surface area contributed by atoms with Gasteiger partial charge in [-0.05, 0) is 12.1 Å². The van der Waals surface area contributed by atoms with Crippen LogP contribution < -0.4 is 5.32 Å². The van der Waals surface area contributed by atoms with E-state index in [9.17, 15) is 4.79 Å². The molecular weight excluding hydrogens is 204 g/mol. The van der Waals surface area contributed by atoms with Crippen LogP contribution in [0.3, 0.4) is 0 Å². The second-order valence-corrected chi connectivity index (χ2v) is 3.23. The Hall–Kier alpha value is -1.86. The van der Waals surface area contributed by atoms with Crippen LogP contribution in [0.1, 0.15) is 24.6 Å². The van der Waals surface area contributed by atoms with Gasteiger partial charge in [-0.25, -0.2) is 0 Å². The third-order valence-electron chi connectivity index (χ3n) is 1.84. The lowest BCUT2D eigenvalue weighted by molar-refractivity contribution is -0.118. The number of carbonyl (C=O) groups excluding carboxylic acids is 1. The van der Waals surface area contributed by atoms with Crippen molar-refractivity contribution in [2.24, 2.45) is 0 Å². The zero-order valence-corrected chi connectivity index (χ0v) is 9.16. The first-order chi connectivity index (χ1) is 7.72. The van der Waals surface area contributed by atoms with Gasteiger partial charge in [0.2, 0.25) is 5.91 Å². The number of amides is 1. The van der Waals surface area contributed by atoms with Gasteiger partial charge in [-0.15, -0.1) is 0 Å². The largest absolute Gasteiger partial charge is 0.390 e. The van der Waals surface area contributed by atoms with E-state index in [0.717, 1.165) is 5.56 Å². The highest BCUT2D eigenvalue weighted by Gasteiger charge is 1.91. The van der Waals surface area contributed by atoms with Crippen molar-refractivity contribution < 1.29 is 9.90 Å². The number of nitrogens with zero attached hydrogens (tertiary/aromatic N) is 1. The molecule has 0 aliphatic carbocycles. The van der Waals surface area contributed by atoms with Crippen molar-refractivity contribution >= 4 is 5.91 Å². The molecule has 4 nitrogen and oxygen atoms in total. The van der Waals surface area contributed by atoms with Gasteiger partial charge in [-0.2, -0.15) is 0 Å². The van der Waals surface area contributed by atoms with E-state index >= 15 is 0 Å². The van der Waals surface area contributed by atoms with Crippen molar-refractivity contribution in [3.8, 4) is 11.8 Å². The fraction of sp³-hybridized carbons (Fsp3) is 0.333. The molecule has 16 heavy (non-hydrogen) atoms. The third-order valence-corrected chi connectivity index (χ3v) is 1.84. The monoisotopic (exact) mass is 218 g/mol. The molecule has 0 spiro atoms. The minimum absolute atomic E-state index is 0.0456. The molecule has 4 heteroatoms. The summed E-state index contributed by atoms with van der Waals surface area (Å²) in [6.45, 7) is 1.98. The van der Waals surface area contributed by atoms with Crippen molar-refractivity contribution in [3.63, 3.8) is 0 Å². The van der Waals surface area contributed by atoms with Crippen LogP contribution in [0.4, 0.5) is 0 Å². The van der Waals surface area contributed by atoms with E-state index in [1.54, 1.807) is 12.3 Å². The van der Waals surface area contributed by atoms with Gasteiger partial charge in [-0.3, -0.25) is 9.78 Å². The summed E-state index contributed by atoms with van der Waals surface area (Å²) in [5.41, 5.74) is 1.43. The lowest BCUT2D eigenvalue weighted by atomic mass is 10.2. The summed E-state index contributed by atoms with van der Waals surface area (Å²) in [7, 11) is 0. The topological polar surface area (TPSA) is 62.2 Å². The summed E-state index contributed by atoms with van der Waals surface area (Å²) in [4.78, 5) is 14.6. The molecule has 0 atom stereocenters. The lowest BCUT2D eigenvalue weighted by Gasteiger charge is -1.95. The Balaban J connectivity index is 2.41. The summed E-state index contributed by atoms with van der Waals surface area (Å²) < 4.78 is 0. The number of rotatable bonds is 3. The highest BCUT2D eigenvalue weighted by atomic mass is 16.3. The van der Waals surface area contributed by atoms with Crippen LogP contribution in [-0.2, 0) is 11.4 Å². The minimum Gasteiger partial charge on any atom is -0.390 e. The van der Waals surface area contributed by atoms with Crippen LogP contribution >= 0.6 is 0 Å². The third kappa shape index (κ3) is 4.58. The van der Waals surface area contributed by atoms with E-state index in [1.165, 1.54) is 6.92 Å². The van der Waals surface area contributed by atoms with Gasteiger partial charge in [0.1, 0.15) is 0 Å². The molecule has 0 fully saturated rings. The number of pyridine rings is 1. The quantitative estimate of drug-likeness (QED) is 0.572. The first-order valence-electron chi connectivity index (χ1n) is 5.01. The van der Waals surface area contributed by atoms with Gasteiger partial charge in [0.05, 0.1) is 12.3 Å². The molecule has 0 aliphatic rings. The fourth-order valence-electron chi connectivity index (χ4n) is 1.06. The van der Waals surface area contributed by atoms with E-state index in [2.05, 4.69) is 22.1 Å². The zero-order chi connectivity index (χ0) is 11.8. The van der Waals surface area contributed by atoms with Crippen LogP contribution in [0.2, 0.25) is 0 Å². The van der Waals surface area contributed by atoms with Crippen LogP contribution in [0.25, 0.3) is 0 Å². The second-order valence-electron chi connectivity index (χ2n) is 3.23. The number of aliphatic hydroxyl groups is 1. The number of carbonyl (C=O) groups is 1. The second kappa shape index (κ2) is 6.59. The van der Waals surface area contributed by atoms with Crippen LogP contribution in [-0.4, -0.2) is 22.5 Å². The molecule has 0 aliphatic heterocycles. The van der Waals surface area contributed by atoms with Gasteiger partial charge in [0, 0.05) is 31.6 Å². The zero-order valence-electron chi connectivity index (χ0n) is 9.16. The first-order valence-corrected chi connectivity index (χ1v) is 5.01. The Morgan fingerprint density at radius 1 is 1.56 bits per heavy atom. The average Bonchev–Trinajstić information content (AvgIpc) is 2.29. The molecule has 1 rings (SSSR count). The molecule has 84 valence electrons. The summed E-state index contributed by atoms with van der Waals surface area (Å²) in [6, 6.07) is 3.54. The Morgan fingerprint density at radius 2 is 2.38 bits per heavy atom. The van der Waals surface area contributed by atoms with E-state index in [-0.39, 0.29) is 12.5 Å². The molecule has 1 amide bonds. The van der Waals surface area contributed by atoms with Crippen LogP contribution in [0, 0.1) is 11.8 Å². The summed E-state index contributed by atoms with van der Waals surface area (Å²) in [5.74, 6) is 5.81. The van der Waals surface area contributed by atoms with Crippen molar-refractivity contribution in [3.05, 3.63) is 29.6 Å². The van der Waals surface area contributed by atoms with Gasteiger partial charge < -0.3 is 10.4 Å². The fourth-order valence-corrected chi connectivity index (χ4v) is 1.06. The Bertz CT molecular complexity index is 401. The predicted octanol–water partition coefficient (Wildman–Crippen LogP) is 0.452. The Labute approximate surface area is 94.7 Å². The van der Waals surface area contributed by atoms with Crippen LogP contribution in [0.15, 0.2) is 18.3 Å². The van der Waals surface area contributed by atoms with Gasteiger partial charge in [0.15, 0.2) is 0 Å². The molecule has 0 radical (unpaired) electrons. The maximum atomic E-state index is 10.6. The van der Waals surface area contributed by atoms with Crippen molar-refractivity contribution in [2.45, 2.75) is 20.0 Å². The molecule has 2 N–H and O–H groups in total. The molecule has 0 saturated carbocycles. The summed E-state index contributed by atoms with van der Waals surface area (Å²) in [5, 5.41) is 11.4. The number of aliphatic hydroxyl groups excluding tert-OH is 1. The maximum Gasteiger partial charge on any atom is 0.216 e. The van der Waals surface area contributed by atoms with Crippen molar-refractivity contribution in [2.75, 3.05) is 6.54 Å². The van der Waals surface area contributed by atoms with E-state index < -0.39 is 0 Å². The van der Waals surface area contributed by atoms with Gasteiger partial charge in [0.25, 0.3) is 0 Å². The maximum absolute atomic E-state index is 10.6. The van der Waals surface area contributed by atoms with E-state index in [0.29, 0.717) is 18.7 Å². The normalized spacial score (nSPS) is 9.12. The molecule has 1 heterocycles. The molecule has 0 bridgehead atoms. The average molecular weight is 218 g/mol. The summed E-state index contributed by atoms with van der Waals surface area (Å²) in [6.07, 6.45) is 2.23. The number of hydrogen-bond acceptors (Lipinski definition) is 3. The standard InChI is InChI=1S/C12H14N2O2/c1-10(16)13-7-3-2-4-11-5-6-12(9-15)14-8-11/h5-6,8,15H,3,7,9H2,1H3,(H,13,16). The smallest absolute Gasteiger partial charge is 0.216 e. The van der Waals surface area contributed by atoms with Crippen LogP contribution in [0.5, 0.6) is 0 Å². The first kappa shape index (κ1) is 12.2. The Kier molecular flexibility index (Phi) is 5.03. The number of nitrogens with one attached hydrogen (secondary N) is 1. The minimum atomic E-state index is -0.0593. The molecule has 0 unspecified atom stereocenters. The Morgan fingerprint density at radius 3 is 2.94 bits per heavy atom. The SMILES string of the molecule is CC(=O)NCCC#Cc1ccc(CO)nc1. The summed E-state index contributed by atoms with van der Waals surface area (Å²) >= 11 is 0. The molecule has 0 aromatic carbocycles. The lowest BCUT2D eigenvalue weighted by Crippen LogP contribution is -2.20. The molecule has 1 aromatic heterocycles. The molecular formula is C12H14N2O2. The van der Waals surface area contributed by atoms with Crippen molar-refractivity contribution in [1.29, 1.82) is 0 Å². The van der Waals surface area contributed by atoms with E-state index in [1.807, 2.05) is 6.07 Å². The van der Waals surface area contributed by atoms with Gasteiger partial charge >= 0.3 is 0 Å².